The molecule has 0 spiro atoms. The second kappa shape index (κ2) is 6.12. The molecule has 0 atom stereocenters. The maximum absolute atomic E-state index is 12.4. The molecular formula is C17H19N3O2S. The molecule has 0 aliphatic heterocycles. The van der Waals surface area contributed by atoms with Crippen molar-refractivity contribution in [2.24, 2.45) is 7.05 Å². The van der Waals surface area contributed by atoms with Gasteiger partial charge in [0.1, 0.15) is 5.75 Å². The fraction of sp³-hybridized carbons (Fsp3) is 0.294. The number of methoxy groups -OCH3 is 1. The Balaban J connectivity index is 1.75. The molecule has 1 aromatic carbocycles. The number of carbonyl (C=O) groups excluding carboxylic acids is 1. The van der Waals surface area contributed by atoms with Crippen molar-refractivity contribution in [2.45, 2.75) is 19.0 Å². The number of nitrogens with zero attached hydrogens (tertiary/aromatic N) is 2. The zero-order valence-corrected chi connectivity index (χ0v) is 14.5. The van der Waals surface area contributed by atoms with Crippen molar-refractivity contribution in [3.8, 4) is 5.75 Å². The average Bonchev–Trinajstić information content (AvgIpc) is 3.07. The molecule has 0 unspecified atom stereocenters. The lowest BCUT2D eigenvalue weighted by molar-refractivity contribution is 0.102. The number of imidazole rings is 1. The van der Waals surface area contributed by atoms with Crippen molar-refractivity contribution >= 4 is 28.6 Å². The molecule has 0 fully saturated rings. The van der Waals surface area contributed by atoms with E-state index >= 15 is 0 Å². The van der Waals surface area contributed by atoms with Gasteiger partial charge in [-0.15, -0.1) is 0 Å². The van der Waals surface area contributed by atoms with Gasteiger partial charge in [-0.25, -0.2) is 4.98 Å². The van der Waals surface area contributed by atoms with Gasteiger partial charge in [0, 0.05) is 30.1 Å². The minimum Gasteiger partial charge on any atom is -0.497 e. The van der Waals surface area contributed by atoms with Crippen LogP contribution >= 0.6 is 11.8 Å². The summed E-state index contributed by atoms with van der Waals surface area (Å²) in [5, 5.41) is 0.743. The van der Waals surface area contributed by atoms with Gasteiger partial charge < -0.3 is 14.3 Å². The number of ether oxygens (including phenoxy) is 1. The van der Waals surface area contributed by atoms with Crippen LogP contribution in [0, 0.1) is 13.8 Å². The number of fused-ring (bicyclic) bond motifs is 1. The topological polar surface area (TPSA) is 59.9 Å². The van der Waals surface area contributed by atoms with Crippen LogP contribution in [0.4, 0.5) is 0 Å². The Morgan fingerprint density at radius 3 is 2.78 bits per heavy atom. The Kier molecular flexibility index (Phi) is 4.17. The van der Waals surface area contributed by atoms with Gasteiger partial charge in [-0.3, -0.25) is 4.79 Å². The number of hydrogen-bond acceptors (Lipinski definition) is 4. The summed E-state index contributed by atoms with van der Waals surface area (Å²) >= 11 is 1.42. The fourth-order valence-electron chi connectivity index (χ4n) is 2.51. The largest absolute Gasteiger partial charge is 0.497 e. The van der Waals surface area contributed by atoms with Gasteiger partial charge >= 0.3 is 0 Å². The molecule has 23 heavy (non-hydrogen) atoms. The van der Waals surface area contributed by atoms with Crippen molar-refractivity contribution in [2.75, 3.05) is 12.9 Å². The van der Waals surface area contributed by atoms with Crippen LogP contribution in [0.3, 0.4) is 0 Å². The summed E-state index contributed by atoms with van der Waals surface area (Å²) in [6, 6.07) is 7.63. The smallest absolute Gasteiger partial charge is 0.175 e. The average molecular weight is 329 g/mol. The molecule has 0 amide bonds. The number of ketones is 1. The Morgan fingerprint density at radius 2 is 2.13 bits per heavy atom. The summed E-state index contributed by atoms with van der Waals surface area (Å²) < 4.78 is 7.24. The zero-order chi connectivity index (χ0) is 16.6. The quantitative estimate of drug-likeness (QED) is 0.575. The molecule has 1 N–H and O–H groups in total. The number of aryl methyl sites for hydroxylation is 1. The van der Waals surface area contributed by atoms with Gasteiger partial charge in [-0.1, -0.05) is 11.8 Å². The third kappa shape index (κ3) is 2.99. The third-order valence-corrected chi connectivity index (χ3v) is 4.96. The number of aromatic nitrogens is 3. The molecule has 0 saturated carbocycles. The summed E-state index contributed by atoms with van der Waals surface area (Å²) in [6.45, 7) is 3.97. The van der Waals surface area contributed by atoms with E-state index in [-0.39, 0.29) is 5.78 Å². The predicted molar refractivity (Wildman–Crippen MR) is 92.6 cm³/mol. The molecule has 0 aliphatic rings. The van der Waals surface area contributed by atoms with Gasteiger partial charge in [0.25, 0.3) is 0 Å². The van der Waals surface area contributed by atoms with Gasteiger partial charge in [-0.2, -0.15) is 0 Å². The van der Waals surface area contributed by atoms with Crippen LogP contribution in [0.2, 0.25) is 0 Å². The molecule has 3 rings (SSSR count). The molecule has 2 heterocycles. The van der Waals surface area contributed by atoms with Crippen molar-refractivity contribution in [3.05, 3.63) is 41.2 Å². The number of benzene rings is 1. The van der Waals surface area contributed by atoms with E-state index in [4.69, 9.17) is 4.74 Å². The van der Waals surface area contributed by atoms with Crippen molar-refractivity contribution in [3.63, 3.8) is 0 Å². The van der Waals surface area contributed by atoms with Crippen LogP contribution in [0.25, 0.3) is 11.0 Å². The van der Waals surface area contributed by atoms with E-state index in [1.165, 1.54) is 11.8 Å². The molecule has 0 aliphatic carbocycles. The highest BCUT2D eigenvalue weighted by molar-refractivity contribution is 7.99. The lowest BCUT2D eigenvalue weighted by atomic mass is 10.2. The third-order valence-electron chi connectivity index (χ3n) is 4.08. The van der Waals surface area contributed by atoms with Crippen molar-refractivity contribution in [1.29, 1.82) is 0 Å². The minimum absolute atomic E-state index is 0.120. The molecule has 5 nitrogen and oxygen atoms in total. The van der Waals surface area contributed by atoms with Crippen LogP contribution in [0.5, 0.6) is 5.75 Å². The number of rotatable bonds is 5. The maximum atomic E-state index is 12.4. The number of nitrogens with one attached hydrogen (secondary N) is 1. The Labute approximate surface area is 139 Å². The van der Waals surface area contributed by atoms with E-state index < -0.39 is 0 Å². The van der Waals surface area contributed by atoms with E-state index in [1.54, 1.807) is 7.11 Å². The zero-order valence-electron chi connectivity index (χ0n) is 13.6. The van der Waals surface area contributed by atoms with Crippen molar-refractivity contribution < 1.29 is 9.53 Å². The van der Waals surface area contributed by atoms with Gasteiger partial charge in [0.15, 0.2) is 10.9 Å². The van der Waals surface area contributed by atoms with Gasteiger partial charge in [0.05, 0.1) is 23.9 Å². The van der Waals surface area contributed by atoms with E-state index in [0.29, 0.717) is 5.75 Å². The van der Waals surface area contributed by atoms with Crippen LogP contribution in [-0.2, 0) is 7.05 Å². The highest BCUT2D eigenvalue weighted by Gasteiger charge is 2.15. The Morgan fingerprint density at radius 1 is 1.35 bits per heavy atom. The first-order valence-electron chi connectivity index (χ1n) is 7.32. The van der Waals surface area contributed by atoms with Crippen molar-refractivity contribution in [1.82, 2.24) is 14.5 Å². The minimum atomic E-state index is 0.120. The van der Waals surface area contributed by atoms with Crippen LogP contribution in [0.1, 0.15) is 21.7 Å². The summed E-state index contributed by atoms with van der Waals surface area (Å²) in [6.07, 6.45) is 0. The first-order chi connectivity index (χ1) is 11.0. The first kappa shape index (κ1) is 15.7. The number of Topliss-reactive ketones (excluding diaryl/α,β-unsaturated/α-hetero) is 1. The van der Waals surface area contributed by atoms with E-state index in [0.717, 1.165) is 38.9 Å². The second-order valence-corrected chi connectivity index (χ2v) is 6.44. The second-order valence-electron chi connectivity index (χ2n) is 5.48. The number of H-pyrrole nitrogens is 1. The lowest BCUT2D eigenvalue weighted by Crippen LogP contribution is -2.04. The van der Waals surface area contributed by atoms with Crippen LogP contribution in [-0.4, -0.2) is 33.2 Å². The molecule has 2 aromatic heterocycles. The standard InChI is InChI=1S/C17H19N3O2S/c1-10-7-13(11(2)20(10)3)16(21)9-23-17-18-14-6-5-12(22-4)8-15(14)19-17/h5-8H,9H2,1-4H3,(H,18,19). The fourth-order valence-corrected chi connectivity index (χ4v) is 3.28. The molecule has 0 bridgehead atoms. The summed E-state index contributed by atoms with van der Waals surface area (Å²) in [7, 11) is 3.61. The maximum Gasteiger partial charge on any atom is 0.175 e. The normalized spacial score (nSPS) is 11.1. The lowest BCUT2D eigenvalue weighted by Gasteiger charge is -2.01. The molecular weight excluding hydrogens is 310 g/mol. The predicted octanol–water partition coefficient (Wildman–Crippen LogP) is 3.50. The number of carbonyl (C=O) groups is 1. The van der Waals surface area contributed by atoms with E-state index in [9.17, 15) is 4.79 Å². The number of aromatic amines is 1. The number of thioether (sulfide) groups is 1. The van der Waals surface area contributed by atoms with Gasteiger partial charge in [-0.05, 0) is 32.0 Å². The summed E-state index contributed by atoms with van der Waals surface area (Å²) in [4.78, 5) is 20.1. The summed E-state index contributed by atoms with van der Waals surface area (Å²) in [5.41, 5.74) is 4.66. The molecule has 3 aromatic rings. The number of hydrogen-bond donors (Lipinski definition) is 1. The van der Waals surface area contributed by atoms with Gasteiger partial charge in [0.2, 0.25) is 0 Å². The highest BCUT2D eigenvalue weighted by atomic mass is 32.2. The molecule has 0 radical (unpaired) electrons. The van der Waals surface area contributed by atoms with Crippen LogP contribution < -0.4 is 4.74 Å². The molecule has 6 heteroatoms. The Hall–Kier alpha value is -2.21. The monoisotopic (exact) mass is 329 g/mol. The van der Waals surface area contributed by atoms with Crippen LogP contribution in [0.15, 0.2) is 29.4 Å². The Bertz CT molecular complexity index is 879. The summed E-state index contributed by atoms with van der Waals surface area (Å²) in [5.74, 6) is 1.26. The SMILES string of the molecule is COc1ccc2nc(SCC(=O)c3cc(C)n(C)c3C)[nH]c2c1. The first-order valence-corrected chi connectivity index (χ1v) is 8.31. The molecule has 0 saturated heterocycles. The van der Waals surface area contributed by atoms with E-state index in [2.05, 4.69) is 9.97 Å². The van der Waals surface area contributed by atoms with E-state index in [1.807, 2.05) is 49.7 Å². The molecule has 120 valence electrons. The highest BCUT2D eigenvalue weighted by Crippen LogP contribution is 2.24.